The van der Waals surface area contributed by atoms with Gasteiger partial charge in [0.15, 0.2) is 0 Å². The van der Waals surface area contributed by atoms with Crippen LogP contribution in [-0.4, -0.2) is 20.4 Å². The number of fused-ring (bicyclic) bond motifs is 2. The van der Waals surface area contributed by atoms with E-state index < -0.39 is 0 Å². The van der Waals surface area contributed by atoms with Crippen LogP contribution in [0.15, 0.2) is 41.2 Å². The molecule has 0 unspecified atom stereocenters. The third kappa shape index (κ3) is 1.08. The second-order valence-corrected chi connectivity index (χ2v) is 4.09. The summed E-state index contributed by atoms with van der Waals surface area (Å²) in [5, 5.41) is 18.6. The Balaban J connectivity index is 2.49. The molecule has 2 aromatic carbocycles. The van der Waals surface area contributed by atoms with Crippen LogP contribution in [0.4, 0.5) is 0 Å². The Hall–Kier alpha value is -2.69. The van der Waals surface area contributed by atoms with Gasteiger partial charge in [-0.1, -0.05) is 30.3 Å². The lowest BCUT2D eigenvalue weighted by atomic mass is 10.1. The third-order valence-electron chi connectivity index (χ3n) is 3.09. The molecule has 0 aliphatic carbocycles. The molecular weight excluding hydrogens is 228 g/mol. The molecule has 0 fully saturated rings. The molecule has 5 nitrogen and oxygen atoms in total. The van der Waals surface area contributed by atoms with Crippen molar-refractivity contribution in [3.8, 4) is 0 Å². The number of rotatable bonds is 0. The predicted molar refractivity (Wildman–Crippen MR) is 67.6 cm³/mol. The first-order valence-corrected chi connectivity index (χ1v) is 5.49. The summed E-state index contributed by atoms with van der Waals surface area (Å²) in [4.78, 5) is 11.8. The zero-order chi connectivity index (χ0) is 12.1. The molecule has 0 N–H and O–H groups in total. The summed E-state index contributed by atoms with van der Waals surface area (Å²) in [6.07, 6.45) is 0. The lowest BCUT2D eigenvalue weighted by molar-refractivity contribution is 1.01. The highest BCUT2D eigenvalue weighted by atomic mass is 16.1. The van der Waals surface area contributed by atoms with Crippen LogP contribution in [0.2, 0.25) is 0 Å². The summed E-state index contributed by atoms with van der Waals surface area (Å²) in [7, 11) is 0. The average Bonchev–Trinajstić information content (AvgIpc) is 2.74. The van der Waals surface area contributed by atoms with Crippen LogP contribution in [0.5, 0.6) is 0 Å². The molecule has 84 valence electrons. The van der Waals surface area contributed by atoms with Crippen LogP contribution >= 0.6 is 0 Å². The molecule has 0 saturated carbocycles. The molecule has 18 heavy (non-hydrogen) atoms. The number of hydrogen-bond acceptors (Lipinski definition) is 5. The summed E-state index contributed by atoms with van der Waals surface area (Å²) < 4.78 is 0. The summed E-state index contributed by atoms with van der Waals surface area (Å²) in [5.41, 5.74) is 0.774. The van der Waals surface area contributed by atoms with Crippen molar-refractivity contribution in [3.63, 3.8) is 0 Å². The van der Waals surface area contributed by atoms with E-state index >= 15 is 0 Å². The zero-order valence-electron chi connectivity index (χ0n) is 9.16. The largest absolute Gasteiger partial charge is 0.296 e. The van der Waals surface area contributed by atoms with Gasteiger partial charge in [0.2, 0.25) is 5.65 Å². The van der Waals surface area contributed by atoms with Crippen LogP contribution in [0.3, 0.4) is 0 Å². The quantitative estimate of drug-likeness (QED) is 0.461. The Labute approximate surface area is 100 Å². The van der Waals surface area contributed by atoms with E-state index in [2.05, 4.69) is 20.4 Å². The van der Waals surface area contributed by atoms with E-state index in [4.69, 9.17) is 0 Å². The highest BCUT2D eigenvalue weighted by Gasteiger charge is 2.12. The second kappa shape index (κ2) is 3.16. The minimum absolute atomic E-state index is 0.345. The maximum atomic E-state index is 11.8. The molecule has 0 bridgehead atoms. The van der Waals surface area contributed by atoms with Crippen molar-refractivity contribution in [2.75, 3.05) is 0 Å². The normalized spacial score (nSPS) is 11.6. The summed E-state index contributed by atoms with van der Waals surface area (Å²) in [5.74, 6) is 0. The maximum absolute atomic E-state index is 11.8. The Morgan fingerprint density at radius 2 is 1.61 bits per heavy atom. The van der Waals surface area contributed by atoms with Crippen LogP contribution in [0.25, 0.3) is 32.7 Å². The monoisotopic (exact) mass is 234 g/mol. The van der Waals surface area contributed by atoms with Crippen LogP contribution in [0, 0.1) is 0 Å². The van der Waals surface area contributed by atoms with Gasteiger partial charge in [0.25, 0.3) is 5.56 Å². The van der Waals surface area contributed by atoms with E-state index in [9.17, 15) is 4.79 Å². The zero-order valence-corrected chi connectivity index (χ0v) is 9.16. The van der Waals surface area contributed by atoms with E-state index in [1.807, 2.05) is 30.3 Å². The van der Waals surface area contributed by atoms with Crippen LogP contribution in [-0.2, 0) is 0 Å². The van der Waals surface area contributed by atoms with E-state index in [0.717, 1.165) is 10.8 Å². The lowest BCUT2D eigenvalue weighted by Gasteiger charge is -1.90. The van der Waals surface area contributed by atoms with Crippen molar-refractivity contribution >= 4 is 32.7 Å². The van der Waals surface area contributed by atoms with Gasteiger partial charge in [-0.25, -0.2) is 0 Å². The van der Waals surface area contributed by atoms with Gasteiger partial charge < -0.3 is 0 Å². The van der Waals surface area contributed by atoms with Gasteiger partial charge in [-0.2, -0.15) is 0 Å². The predicted octanol–water partition coefficient (Wildman–Crippen LogP) is 1.52. The molecule has 2 aromatic heterocycles. The average molecular weight is 234 g/mol. The van der Waals surface area contributed by atoms with Crippen molar-refractivity contribution in [2.24, 2.45) is 0 Å². The SMILES string of the molecule is O=c1nnc2nnc3c4ccccc4ccc1c23. The Morgan fingerprint density at radius 1 is 0.778 bits per heavy atom. The fourth-order valence-corrected chi connectivity index (χ4v) is 2.25. The minimum atomic E-state index is -0.345. The smallest absolute Gasteiger partial charge is 0.265 e. The molecule has 0 radical (unpaired) electrons. The van der Waals surface area contributed by atoms with Gasteiger partial charge in [-0.3, -0.25) is 4.79 Å². The van der Waals surface area contributed by atoms with Gasteiger partial charge in [-0.15, -0.1) is 20.4 Å². The lowest BCUT2D eigenvalue weighted by Crippen LogP contribution is -2.06. The molecule has 0 aliphatic rings. The first-order valence-electron chi connectivity index (χ1n) is 5.49. The number of hydrogen-bond donors (Lipinski definition) is 0. The molecular formula is C13H6N4O. The number of nitrogens with zero attached hydrogens (tertiary/aromatic N) is 4. The van der Waals surface area contributed by atoms with Crippen LogP contribution in [0.1, 0.15) is 0 Å². The Kier molecular flexibility index (Phi) is 1.64. The van der Waals surface area contributed by atoms with Crippen molar-refractivity contribution in [1.82, 2.24) is 20.4 Å². The Morgan fingerprint density at radius 3 is 2.56 bits per heavy atom. The second-order valence-electron chi connectivity index (χ2n) is 4.09. The topological polar surface area (TPSA) is 68.6 Å². The van der Waals surface area contributed by atoms with Gasteiger partial charge >= 0.3 is 0 Å². The van der Waals surface area contributed by atoms with Gasteiger partial charge in [0, 0.05) is 5.39 Å². The minimum Gasteiger partial charge on any atom is -0.265 e. The maximum Gasteiger partial charge on any atom is 0.296 e. The first-order chi connectivity index (χ1) is 8.84. The van der Waals surface area contributed by atoms with Crippen LogP contribution < -0.4 is 5.56 Å². The molecule has 5 heteroatoms. The molecule has 2 heterocycles. The molecule has 0 amide bonds. The summed E-state index contributed by atoms with van der Waals surface area (Å²) in [6.45, 7) is 0. The van der Waals surface area contributed by atoms with Gasteiger partial charge in [0.05, 0.1) is 10.8 Å². The third-order valence-corrected chi connectivity index (χ3v) is 3.09. The van der Waals surface area contributed by atoms with E-state index in [1.165, 1.54) is 0 Å². The fourth-order valence-electron chi connectivity index (χ4n) is 2.25. The summed E-state index contributed by atoms with van der Waals surface area (Å²) >= 11 is 0. The highest BCUT2D eigenvalue weighted by molar-refractivity contribution is 6.15. The molecule has 4 rings (SSSR count). The standard InChI is InChI=1S/C13H6N4O/c18-13-9-6-5-7-3-1-2-4-8(7)11-10(9)12(15-14-11)16-17-13/h1-6H. The van der Waals surface area contributed by atoms with Crippen molar-refractivity contribution in [1.29, 1.82) is 0 Å². The molecule has 0 saturated heterocycles. The Bertz CT molecular complexity index is 951. The molecule has 0 aliphatic heterocycles. The molecule has 4 aromatic rings. The van der Waals surface area contributed by atoms with Crippen molar-refractivity contribution in [3.05, 3.63) is 46.8 Å². The van der Waals surface area contributed by atoms with Crippen molar-refractivity contribution in [2.45, 2.75) is 0 Å². The van der Waals surface area contributed by atoms with E-state index in [1.54, 1.807) is 6.07 Å². The van der Waals surface area contributed by atoms with E-state index in [0.29, 0.717) is 21.9 Å². The fraction of sp³-hybridized carbons (Fsp3) is 0. The molecule has 0 spiro atoms. The van der Waals surface area contributed by atoms with Gasteiger partial charge in [-0.05, 0) is 11.5 Å². The summed E-state index contributed by atoms with van der Waals surface area (Å²) in [6, 6.07) is 11.5. The first kappa shape index (κ1) is 9.35. The number of benzene rings is 1. The van der Waals surface area contributed by atoms with E-state index in [-0.39, 0.29) is 5.56 Å². The molecule has 0 atom stereocenters. The van der Waals surface area contributed by atoms with Crippen molar-refractivity contribution < 1.29 is 0 Å². The highest BCUT2D eigenvalue weighted by Crippen LogP contribution is 2.26. The van der Waals surface area contributed by atoms with Gasteiger partial charge in [0.1, 0.15) is 5.52 Å². The number of aromatic nitrogens is 4.